The quantitative estimate of drug-likeness (QED) is 0.760. The molecule has 0 radical (unpaired) electrons. The highest BCUT2D eigenvalue weighted by Crippen LogP contribution is 2.17. The summed E-state index contributed by atoms with van der Waals surface area (Å²) in [5, 5.41) is 5.81. The number of ether oxygens (including phenoxy) is 1. The molecule has 1 saturated carbocycles. The van der Waals surface area contributed by atoms with Crippen molar-refractivity contribution in [1.29, 1.82) is 0 Å². The second-order valence-electron chi connectivity index (χ2n) is 5.41. The Labute approximate surface area is 125 Å². The Hall–Kier alpha value is -1.62. The third-order valence-corrected chi connectivity index (χ3v) is 3.62. The zero-order valence-corrected chi connectivity index (χ0v) is 12.2. The summed E-state index contributed by atoms with van der Waals surface area (Å²) in [4.78, 5) is 11.6. The third kappa shape index (κ3) is 6.12. The Balaban J connectivity index is 1.47. The topological polar surface area (TPSA) is 50.4 Å². The van der Waals surface area contributed by atoms with Gasteiger partial charge in [0.25, 0.3) is 0 Å². The Kier molecular flexibility index (Phi) is 6.47. The summed E-state index contributed by atoms with van der Waals surface area (Å²) in [7, 11) is 0. The van der Waals surface area contributed by atoms with Crippen LogP contribution < -0.4 is 10.6 Å². The van der Waals surface area contributed by atoms with Crippen LogP contribution in [0.4, 0.5) is 9.18 Å². The van der Waals surface area contributed by atoms with Gasteiger partial charge in [-0.1, -0.05) is 25.0 Å². The summed E-state index contributed by atoms with van der Waals surface area (Å²) >= 11 is 0. The highest BCUT2D eigenvalue weighted by Gasteiger charge is 2.16. The van der Waals surface area contributed by atoms with Gasteiger partial charge in [0.15, 0.2) is 0 Å². The molecule has 21 heavy (non-hydrogen) atoms. The van der Waals surface area contributed by atoms with Gasteiger partial charge >= 0.3 is 6.03 Å². The van der Waals surface area contributed by atoms with Crippen molar-refractivity contribution in [2.24, 2.45) is 0 Å². The number of hydrogen-bond acceptors (Lipinski definition) is 2. The Morgan fingerprint density at radius 1 is 1.24 bits per heavy atom. The van der Waals surface area contributed by atoms with Gasteiger partial charge in [0.2, 0.25) is 0 Å². The molecule has 0 aromatic heterocycles. The number of benzene rings is 1. The molecule has 5 heteroatoms. The molecule has 1 aromatic rings. The van der Waals surface area contributed by atoms with Crippen LogP contribution in [0.3, 0.4) is 0 Å². The first kappa shape index (κ1) is 15.8. The summed E-state index contributed by atoms with van der Waals surface area (Å²) in [6, 6.07) is 6.53. The van der Waals surface area contributed by atoms with E-state index in [0.29, 0.717) is 25.8 Å². The van der Waals surface area contributed by atoms with E-state index in [0.717, 1.165) is 24.8 Å². The van der Waals surface area contributed by atoms with Crippen molar-refractivity contribution in [3.63, 3.8) is 0 Å². The normalized spacial score (nSPS) is 15.1. The van der Waals surface area contributed by atoms with Crippen LogP contribution in [0, 0.1) is 5.82 Å². The van der Waals surface area contributed by atoms with Gasteiger partial charge in [-0.05, 0) is 37.0 Å². The SMILES string of the molecule is O=C(NCCCOCc1ccc(F)cc1)NC1CCCC1. The van der Waals surface area contributed by atoms with Crippen molar-refractivity contribution in [1.82, 2.24) is 10.6 Å². The van der Waals surface area contributed by atoms with E-state index in [9.17, 15) is 9.18 Å². The summed E-state index contributed by atoms with van der Waals surface area (Å²) in [5.74, 6) is -0.240. The first-order valence-corrected chi connectivity index (χ1v) is 7.60. The molecule has 0 bridgehead atoms. The minimum absolute atomic E-state index is 0.0829. The number of rotatable bonds is 7. The second-order valence-corrected chi connectivity index (χ2v) is 5.41. The van der Waals surface area contributed by atoms with Crippen LogP contribution in [-0.2, 0) is 11.3 Å². The van der Waals surface area contributed by atoms with E-state index in [1.165, 1.54) is 25.0 Å². The lowest BCUT2D eigenvalue weighted by molar-refractivity contribution is 0.118. The van der Waals surface area contributed by atoms with Crippen LogP contribution in [0.15, 0.2) is 24.3 Å². The predicted molar refractivity (Wildman–Crippen MR) is 79.5 cm³/mol. The van der Waals surface area contributed by atoms with Crippen LogP contribution >= 0.6 is 0 Å². The molecule has 0 spiro atoms. The van der Waals surface area contributed by atoms with Gasteiger partial charge in [-0.15, -0.1) is 0 Å². The van der Waals surface area contributed by atoms with Gasteiger partial charge in [0, 0.05) is 19.2 Å². The van der Waals surface area contributed by atoms with E-state index in [1.54, 1.807) is 12.1 Å². The van der Waals surface area contributed by atoms with Crippen molar-refractivity contribution < 1.29 is 13.9 Å². The highest BCUT2D eigenvalue weighted by molar-refractivity contribution is 5.74. The molecule has 2 N–H and O–H groups in total. The Bertz CT molecular complexity index is 430. The smallest absolute Gasteiger partial charge is 0.315 e. The van der Waals surface area contributed by atoms with Crippen molar-refractivity contribution >= 4 is 6.03 Å². The zero-order chi connectivity index (χ0) is 14.9. The van der Waals surface area contributed by atoms with Gasteiger partial charge in [-0.3, -0.25) is 0 Å². The Morgan fingerprint density at radius 3 is 2.67 bits per heavy atom. The summed E-state index contributed by atoms with van der Waals surface area (Å²) in [6.45, 7) is 1.64. The molecule has 0 unspecified atom stereocenters. The molecule has 116 valence electrons. The second kappa shape index (κ2) is 8.62. The number of hydrogen-bond donors (Lipinski definition) is 2. The van der Waals surface area contributed by atoms with Crippen molar-refractivity contribution in [2.75, 3.05) is 13.2 Å². The minimum atomic E-state index is -0.240. The maximum atomic E-state index is 12.7. The van der Waals surface area contributed by atoms with Gasteiger partial charge in [0.05, 0.1) is 6.61 Å². The van der Waals surface area contributed by atoms with Crippen LogP contribution in [-0.4, -0.2) is 25.2 Å². The van der Waals surface area contributed by atoms with Crippen LogP contribution in [0.1, 0.15) is 37.7 Å². The van der Waals surface area contributed by atoms with Crippen LogP contribution in [0.25, 0.3) is 0 Å². The molecule has 1 aromatic carbocycles. The van der Waals surface area contributed by atoms with Crippen molar-refractivity contribution in [3.05, 3.63) is 35.6 Å². The van der Waals surface area contributed by atoms with E-state index in [-0.39, 0.29) is 11.8 Å². The molecule has 1 aliphatic rings. The Morgan fingerprint density at radius 2 is 1.95 bits per heavy atom. The molecular weight excluding hydrogens is 271 g/mol. The summed E-state index contributed by atoms with van der Waals surface area (Å²) in [5.41, 5.74) is 0.948. The highest BCUT2D eigenvalue weighted by atomic mass is 19.1. The zero-order valence-electron chi connectivity index (χ0n) is 12.2. The molecule has 1 fully saturated rings. The first-order valence-electron chi connectivity index (χ1n) is 7.60. The standard InChI is InChI=1S/C16H23FN2O2/c17-14-8-6-13(7-9-14)12-21-11-3-10-18-16(20)19-15-4-1-2-5-15/h6-9,15H,1-5,10-12H2,(H2,18,19,20). The van der Waals surface area contributed by atoms with Crippen molar-refractivity contribution in [2.45, 2.75) is 44.8 Å². The summed E-state index contributed by atoms with van der Waals surface area (Å²) < 4.78 is 18.2. The van der Waals surface area contributed by atoms with E-state index in [2.05, 4.69) is 10.6 Å². The van der Waals surface area contributed by atoms with Gasteiger partial charge in [0.1, 0.15) is 5.82 Å². The van der Waals surface area contributed by atoms with Crippen LogP contribution in [0.2, 0.25) is 0 Å². The minimum Gasteiger partial charge on any atom is -0.377 e. The molecule has 2 amide bonds. The maximum absolute atomic E-state index is 12.7. The lowest BCUT2D eigenvalue weighted by Gasteiger charge is -2.12. The maximum Gasteiger partial charge on any atom is 0.315 e. The van der Waals surface area contributed by atoms with E-state index in [4.69, 9.17) is 4.74 Å². The fourth-order valence-corrected chi connectivity index (χ4v) is 2.45. The number of halogens is 1. The number of amides is 2. The monoisotopic (exact) mass is 294 g/mol. The lowest BCUT2D eigenvalue weighted by atomic mass is 10.2. The molecule has 0 heterocycles. The van der Waals surface area contributed by atoms with E-state index >= 15 is 0 Å². The average molecular weight is 294 g/mol. The number of urea groups is 1. The molecule has 1 aliphatic carbocycles. The predicted octanol–water partition coefficient (Wildman–Crippen LogP) is 2.97. The lowest BCUT2D eigenvalue weighted by Crippen LogP contribution is -2.41. The molecule has 4 nitrogen and oxygen atoms in total. The first-order chi connectivity index (χ1) is 10.2. The number of carbonyl (C=O) groups is 1. The molecule has 0 saturated heterocycles. The van der Waals surface area contributed by atoms with Crippen LogP contribution in [0.5, 0.6) is 0 Å². The largest absolute Gasteiger partial charge is 0.377 e. The van der Waals surface area contributed by atoms with Gasteiger partial charge < -0.3 is 15.4 Å². The van der Waals surface area contributed by atoms with Gasteiger partial charge in [-0.25, -0.2) is 9.18 Å². The number of carbonyl (C=O) groups excluding carboxylic acids is 1. The van der Waals surface area contributed by atoms with Crippen molar-refractivity contribution in [3.8, 4) is 0 Å². The molecule has 0 aliphatic heterocycles. The van der Waals surface area contributed by atoms with Gasteiger partial charge in [-0.2, -0.15) is 0 Å². The fraction of sp³-hybridized carbons (Fsp3) is 0.562. The number of nitrogens with one attached hydrogen (secondary N) is 2. The summed E-state index contributed by atoms with van der Waals surface area (Å²) in [6.07, 6.45) is 5.37. The third-order valence-electron chi connectivity index (χ3n) is 3.62. The molecular formula is C16H23FN2O2. The van der Waals surface area contributed by atoms with E-state index < -0.39 is 0 Å². The fourth-order valence-electron chi connectivity index (χ4n) is 2.45. The molecule has 0 atom stereocenters. The average Bonchev–Trinajstić information content (AvgIpc) is 2.97. The molecule has 2 rings (SSSR count). The van der Waals surface area contributed by atoms with E-state index in [1.807, 2.05) is 0 Å².